The highest BCUT2D eigenvalue weighted by Crippen LogP contribution is 2.49. The maximum Gasteiger partial charge on any atom is 0.235 e. The van der Waals surface area contributed by atoms with Crippen LogP contribution in [-0.4, -0.2) is 48.2 Å². The van der Waals surface area contributed by atoms with E-state index in [1.807, 2.05) is 18.2 Å². The Labute approximate surface area is 185 Å². The van der Waals surface area contributed by atoms with Gasteiger partial charge in [-0.25, -0.2) is 0 Å². The van der Waals surface area contributed by atoms with E-state index in [-0.39, 0.29) is 11.3 Å². The SMILES string of the molecule is O=C(Nc1ccc2c(ccn2CCN2CCOCC2)c1)C1(c2cccc(Br)c2)CC1. The van der Waals surface area contributed by atoms with Crippen molar-refractivity contribution in [2.75, 3.05) is 38.2 Å². The van der Waals surface area contributed by atoms with Crippen LogP contribution in [0.15, 0.2) is 59.2 Å². The molecule has 3 aromatic rings. The monoisotopic (exact) mass is 467 g/mol. The van der Waals surface area contributed by atoms with Crippen molar-refractivity contribution in [3.63, 3.8) is 0 Å². The van der Waals surface area contributed by atoms with Gasteiger partial charge < -0.3 is 14.6 Å². The van der Waals surface area contributed by atoms with Crippen LogP contribution in [0, 0.1) is 0 Å². The zero-order valence-electron chi connectivity index (χ0n) is 16.9. The third kappa shape index (κ3) is 3.92. The number of halogens is 1. The van der Waals surface area contributed by atoms with Gasteiger partial charge in [-0.15, -0.1) is 0 Å². The van der Waals surface area contributed by atoms with Crippen LogP contribution in [0.1, 0.15) is 18.4 Å². The van der Waals surface area contributed by atoms with Crippen LogP contribution < -0.4 is 5.32 Å². The van der Waals surface area contributed by atoms with Crippen LogP contribution in [0.5, 0.6) is 0 Å². The lowest BCUT2D eigenvalue weighted by atomic mass is 9.95. The molecule has 2 fully saturated rings. The maximum absolute atomic E-state index is 13.1. The molecule has 5 nitrogen and oxygen atoms in total. The van der Waals surface area contributed by atoms with Crippen LogP contribution in [0.25, 0.3) is 10.9 Å². The fourth-order valence-corrected chi connectivity index (χ4v) is 4.75. The largest absolute Gasteiger partial charge is 0.379 e. The molecule has 0 spiro atoms. The topological polar surface area (TPSA) is 46.5 Å². The number of amides is 1. The molecule has 1 amide bonds. The smallest absolute Gasteiger partial charge is 0.235 e. The van der Waals surface area contributed by atoms with Gasteiger partial charge in [-0.2, -0.15) is 0 Å². The highest BCUT2D eigenvalue weighted by molar-refractivity contribution is 9.10. The number of nitrogens with zero attached hydrogens (tertiary/aromatic N) is 2. The molecule has 6 heteroatoms. The van der Waals surface area contributed by atoms with E-state index in [2.05, 4.69) is 67.2 Å². The fourth-order valence-electron chi connectivity index (χ4n) is 4.36. The molecule has 0 radical (unpaired) electrons. The second kappa shape index (κ2) is 8.17. The molecule has 156 valence electrons. The van der Waals surface area contributed by atoms with Crippen molar-refractivity contribution in [2.45, 2.75) is 24.8 Å². The number of hydrogen-bond acceptors (Lipinski definition) is 3. The number of carbonyl (C=O) groups is 1. The first-order valence-electron chi connectivity index (χ1n) is 10.6. The van der Waals surface area contributed by atoms with Crippen molar-refractivity contribution < 1.29 is 9.53 Å². The summed E-state index contributed by atoms with van der Waals surface area (Å²) in [5, 5.41) is 4.32. The lowest BCUT2D eigenvalue weighted by Crippen LogP contribution is -2.38. The average molecular weight is 468 g/mol. The molecule has 1 aliphatic heterocycles. The van der Waals surface area contributed by atoms with Crippen molar-refractivity contribution in [2.24, 2.45) is 0 Å². The van der Waals surface area contributed by atoms with E-state index in [1.54, 1.807) is 0 Å². The summed E-state index contributed by atoms with van der Waals surface area (Å²) in [5.74, 6) is 0.0895. The zero-order chi connectivity index (χ0) is 20.6. The zero-order valence-corrected chi connectivity index (χ0v) is 18.5. The van der Waals surface area contributed by atoms with E-state index >= 15 is 0 Å². The molecule has 1 saturated carbocycles. The van der Waals surface area contributed by atoms with Gasteiger partial charge in [-0.3, -0.25) is 9.69 Å². The standard InChI is InChI=1S/C24H26BrN3O2/c25-20-3-1-2-19(17-20)24(7-8-24)23(29)26-21-4-5-22-18(16-21)6-9-28(22)11-10-27-12-14-30-15-13-27/h1-6,9,16-17H,7-8,10-15H2,(H,26,29). The number of hydrogen-bond donors (Lipinski definition) is 1. The minimum atomic E-state index is -0.386. The van der Waals surface area contributed by atoms with Crippen molar-refractivity contribution in [3.8, 4) is 0 Å². The molecule has 5 rings (SSSR count). The molecule has 2 heterocycles. The second-order valence-corrected chi connectivity index (χ2v) is 9.20. The van der Waals surface area contributed by atoms with Gasteiger partial charge in [0.2, 0.25) is 5.91 Å². The fraction of sp³-hybridized carbons (Fsp3) is 0.375. The number of nitrogens with one attached hydrogen (secondary N) is 1. The van der Waals surface area contributed by atoms with Gasteiger partial charge in [0.15, 0.2) is 0 Å². The Bertz CT molecular complexity index is 1070. The highest BCUT2D eigenvalue weighted by Gasteiger charge is 2.51. The van der Waals surface area contributed by atoms with Crippen molar-refractivity contribution >= 4 is 38.4 Å². The minimum Gasteiger partial charge on any atom is -0.379 e. The van der Waals surface area contributed by atoms with Crippen molar-refractivity contribution in [1.82, 2.24) is 9.47 Å². The second-order valence-electron chi connectivity index (χ2n) is 8.28. The molecular formula is C24H26BrN3O2. The van der Waals surface area contributed by atoms with E-state index in [0.29, 0.717) is 0 Å². The first kappa shape index (κ1) is 19.8. The Hall–Kier alpha value is -2.15. The number of anilines is 1. The lowest BCUT2D eigenvalue weighted by molar-refractivity contribution is -0.118. The molecule has 1 saturated heterocycles. The van der Waals surface area contributed by atoms with Gasteiger partial charge in [0.25, 0.3) is 0 Å². The summed E-state index contributed by atoms with van der Waals surface area (Å²) >= 11 is 3.52. The molecule has 1 N–H and O–H groups in total. The summed E-state index contributed by atoms with van der Waals surface area (Å²) in [6.45, 7) is 5.67. The Morgan fingerprint density at radius 3 is 2.67 bits per heavy atom. The average Bonchev–Trinajstić information content (AvgIpc) is 3.49. The number of aromatic nitrogens is 1. The molecule has 30 heavy (non-hydrogen) atoms. The molecule has 0 unspecified atom stereocenters. The predicted octanol–water partition coefficient (Wildman–Crippen LogP) is 4.41. The van der Waals surface area contributed by atoms with E-state index < -0.39 is 0 Å². The predicted molar refractivity (Wildman–Crippen MR) is 123 cm³/mol. The Kier molecular flexibility index (Phi) is 5.39. The van der Waals surface area contributed by atoms with Gasteiger partial charge in [0, 0.05) is 53.4 Å². The molecule has 1 aliphatic carbocycles. The molecule has 0 bridgehead atoms. The van der Waals surface area contributed by atoms with Crippen molar-refractivity contribution in [1.29, 1.82) is 0 Å². The molecule has 2 aromatic carbocycles. The first-order chi connectivity index (χ1) is 14.6. The number of benzene rings is 2. The van der Waals surface area contributed by atoms with Gasteiger partial charge in [-0.05, 0) is 54.8 Å². The van der Waals surface area contributed by atoms with Crippen LogP contribution in [0.4, 0.5) is 5.69 Å². The summed E-state index contributed by atoms with van der Waals surface area (Å²) in [6, 6.07) is 16.4. The van der Waals surface area contributed by atoms with Gasteiger partial charge in [0.05, 0.1) is 18.6 Å². The number of rotatable bonds is 6. The molecule has 2 aliphatic rings. The Morgan fingerprint density at radius 2 is 1.90 bits per heavy atom. The Morgan fingerprint density at radius 1 is 1.07 bits per heavy atom. The maximum atomic E-state index is 13.1. The number of morpholine rings is 1. The van der Waals surface area contributed by atoms with Crippen LogP contribution in [-0.2, 0) is 21.5 Å². The molecule has 0 atom stereocenters. The minimum absolute atomic E-state index is 0.0895. The highest BCUT2D eigenvalue weighted by atomic mass is 79.9. The third-order valence-electron chi connectivity index (χ3n) is 6.35. The van der Waals surface area contributed by atoms with Crippen LogP contribution >= 0.6 is 15.9 Å². The summed E-state index contributed by atoms with van der Waals surface area (Å²) in [4.78, 5) is 15.5. The lowest BCUT2D eigenvalue weighted by Gasteiger charge is -2.26. The normalized spacial score (nSPS) is 18.4. The van der Waals surface area contributed by atoms with Crippen molar-refractivity contribution in [3.05, 3.63) is 64.8 Å². The van der Waals surface area contributed by atoms with Gasteiger partial charge in [0.1, 0.15) is 0 Å². The molecular weight excluding hydrogens is 442 g/mol. The van der Waals surface area contributed by atoms with E-state index in [9.17, 15) is 4.79 Å². The van der Waals surface area contributed by atoms with Gasteiger partial charge >= 0.3 is 0 Å². The quantitative estimate of drug-likeness (QED) is 0.583. The Balaban J connectivity index is 1.28. The van der Waals surface area contributed by atoms with E-state index in [0.717, 1.165) is 73.3 Å². The summed E-state index contributed by atoms with van der Waals surface area (Å²) in [5.41, 5.74) is 2.77. The summed E-state index contributed by atoms with van der Waals surface area (Å²) in [6.07, 6.45) is 3.94. The first-order valence-corrected chi connectivity index (χ1v) is 11.4. The summed E-state index contributed by atoms with van der Waals surface area (Å²) < 4.78 is 8.73. The van der Waals surface area contributed by atoms with E-state index in [1.165, 1.54) is 5.52 Å². The summed E-state index contributed by atoms with van der Waals surface area (Å²) in [7, 11) is 0. The third-order valence-corrected chi connectivity index (χ3v) is 6.84. The van der Waals surface area contributed by atoms with Crippen LogP contribution in [0.2, 0.25) is 0 Å². The van der Waals surface area contributed by atoms with Crippen LogP contribution in [0.3, 0.4) is 0 Å². The number of fused-ring (bicyclic) bond motifs is 1. The van der Waals surface area contributed by atoms with Gasteiger partial charge in [-0.1, -0.05) is 28.1 Å². The molecule has 1 aromatic heterocycles. The number of ether oxygens (including phenoxy) is 1. The van der Waals surface area contributed by atoms with E-state index in [4.69, 9.17) is 4.74 Å². The number of carbonyl (C=O) groups excluding carboxylic acids is 1.